The highest BCUT2D eigenvalue weighted by molar-refractivity contribution is 7.07. The number of hydrogen-bond acceptors (Lipinski definition) is 6. The van der Waals surface area contributed by atoms with E-state index in [1.165, 1.54) is 5.56 Å². The molecule has 2 aromatic rings. The number of nitrogens with zero attached hydrogens (tertiary/aromatic N) is 3. The smallest absolute Gasteiger partial charge is 0.229 e. The van der Waals surface area contributed by atoms with E-state index in [0.717, 1.165) is 0 Å². The summed E-state index contributed by atoms with van der Waals surface area (Å²) >= 11 is 7.45. The number of anilines is 2. The van der Waals surface area contributed by atoms with Crippen molar-refractivity contribution in [2.75, 3.05) is 17.7 Å². The molecule has 0 amide bonds. The lowest BCUT2D eigenvalue weighted by Gasteiger charge is -2.12. The largest absolute Gasteiger partial charge is 0.357 e. The first-order chi connectivity index (χ1) is 8.19. The van der Waals surface area contributed by atoms with Gasteiger partial charge in [-0.1, -0.05) is 0 Å². The molecular weight excluding hydrogens is 258 g/mol. The van der Waals surface area contributed by atoms with Gasteiger partial charge in [0.1, 0.15) is 0 Å². The number of rotatable bonds is 4. The standard InChI is InChI=1S/C10H12ClN5S/c1-6(7-3-4-17-5-7)13-10-15-8(11)14-9(12-2)16-10/h3-6H,1-2H3,(H2,12,13,14,15,16). The summed E-state index contributed by atoms with van der Waals surface area (Å²) in [5.41, 5.74) is 1.19. The zero-order valence-corrected chi connectivity index (χ0v) is 11.0. The fourth-order valence-corrected chi connectivity index (χ4v) is 2.24. The highest BCUT2D eigenvalue weighted by Crippen LogP contribution is 2.20. The Hall–Kier alpha value is -1.40. The SMILES string of the molecule is CNc1nc(Cl)nc(NC(C)c2ccsc2)n1. The van der Waals surface area contributed by atoms with Crippen molar-refractivity contribution in [3.63, 3.8) is 0 Å². The van der Waals surface area contributed by atoms with Gasteiger partial charge in [0, 0.05) is 7.05 Å². The van der Waals surface area contributed by atoms with Gasteiger partial charge in [-0.05, 0) is 40.9 Å². The second-order valence-electron chi connectivity index (χ2n) is 3.42. The maximum atomic E-state index is 5.80. The molecule has 0 aliphatic carbocycles. The fourth-order valence-electron chi connectivity index (χ4n) is 1.32. The highest BCUT2D eigenvalue weighted by Gasteiger charge is 2.09. The molecule has 0 saturated heterocycles. The average Bonchev–Trinajstić information content (AvgIpc) is 2.81. The van der Waals surface area contributed by atoms with Crippen molar-refractivity contribution in [2.24, 2.45) is 0 Å². The Balaban J connectivity index is 2.15. The number of halogens is 1. The normalized spacial score (nSPS) is 12.2. The molecule has 0 saturated carbocycles. The minimum atomic E-state index is 0.129. The molecular formula is C10H12ClN5S. The van der Waals surface area contributed by atoms with Gasteiger partial charge in [0.2, 0.25) is 17.2 Å². The monoisotopic (exact) mass is 269 g/mol. The van der Waals surface area contributed by atoms with Gasteiger partial charge in [-0.15, -0.1) is 0 Å². The zero-order valence-electron chi connectivity index (χ0n) is 9.44. The Kier molecular flexibility index (Phi) is 3.75. The van der Waals surface area contributed by atoms with Crippen LogP contribution in [0.15, 0.2) is 16.8 Å². The topological polar surface area (TPSA) is 62.7 Å². The number of aromatic nitrogens is 3. The van der Waals surface area contributed by atoms with Crippen molar-refractivity contribution in [2.45, 2.75) is 13.0 Å². The molecule has 0 radical (unpaired) electrons. The van der Waals surface area contributed by atoms with Crippen molar-refractivity contribution >= 4 is 34.8 Å². The van der Waals surface area contributed by atoms with Crippen LogP contribution in [-0.4, -0.2) is 22.0 Å². The molecule has 0 aliphatic heterocycles. The third kappa shape index (κ3) is 3.04. The summed E-state index contributed by atoms with van der Waals surface area (Å²) in [5, 5.41) is 10.3. The van der Waals surface area contributed by atoms with Crippen LogP contribution in [0.25, 0.3) is 0 Å². The third-order valence-electron chi connectivity index (χ3n) is 2.22. The predicted molar refractivity (Wildman–Crippen MR) is 70.7 cm³/mol. The maximum absolute atomic E-state index is 5.80. The summed E-state index contributed by atoms with van der Waals surface area (Å²) in [5.74, 6) is 0.915. The molecule has 2 rings (SSSR count). The summed E-state index contributed by atoms with van der Waals surface area (Å²) in [4.78, 5) is 12.1. The van der Waals surface area contributed by atoms with Gasteiger partial charge >= 0.3 is 0 Å². The van der Waals surface area contributed by atoms with Crippen LogP contribution in [0.1, 0.15) is 18.5 Å². The molecule has 2 N–H and O–H groups in total. The van der Waals surface area contributed by atoms with E-state index in [1.54, 1.807) is 18.4 Å². The Bertz CT molecular complexity index is 487. The van der Waals surface area contributed by atoms with E-state index >= 15 is 0 Å². The van der Waals surface area contributed by atoms with Crippen LogP contribution in [0.5, 0.6) is 0 Å². The van der Waals surface area contributed by atoms with Crippen LogP contribution < -0.4 is 10.6 Å². The van der Waals surface area contributed by atoms with Crippen LogP contribution in [0.4, 0.5) is 11.9 Å². The molecule has 0 spiro atoms. The predicted octanol–water partition coefficient (Wildman–Crippen LogP) is 2.80. The molecule has 0 fully saturated rings. The molecule has 1 unspecified atom stereocenters. The molecule has 2 aromatic heterocycles. The molecule has 5 nitrogen and oxygen atoms in total. The second kappa shape index (κ2) is 5.29. The summed E-state index contributed by atoms with van der Waals surface area (Å²) in [6.07, 6.45) is 0. The summed E-state index contributed by atoms with van der Waals surface area (Å²) in [6, 6.07) is 2.19. The number of thiophene rings is 1. The van der Waals surface area contributed by atoms with Crippen molar-refractivity contribution in [1.82, 2.24) is 15.0 Å². The van der Waals surface area contributed by atoms with E-state index in [-0.39, 0.29) is 11.3 Å². The first kappa shape index (κ1) is 12.1. The van der Waals surface area contributed by atoms with E-state index < -0.39 is 0 Å². The van der Waals surface area contributed by atoms with Gasteiger partial charge in [0.05, 0.1) is 6.04 Å². The maximum Gasteiger partial charge on any atom is 0.229 e. The van der Waals surface area contributed by atoms with Crippen LogP contribution in [0.2, 0.25) is 5.28 Å². The Morgan fingerprint density at radius 2 is 2.06 bits per heavy atom. The first-order valence-electron chi connectivity index (χ1n) is 5.07. The molecule has 0 bridgehead atoms. The summed E-state index contributed by atoms with van der Waals surface area (Å²) in [7, 11) is 1.73. The van der Waals surface area contributed by atoms with Crippen LogP contribution in [0, 0.1) is 0 Å². The van der Waals surface area contributed by atoms with Crippen LogP contribution >= 0.6 is 22.9 Å². The van der Waals surface area contributed by atoms with Crippen LogP contribution in [0.3, 0.4) is 0 Å². The third-order valence-corrected chi connectivity index (χ3v) is 3.09. The molecule has 17 heavy (non-hydrogen) atoms. The van der Waals surface area contributed by atoms with Gasteiger partial charge < -0.3 is 10.6 Å². The fraction of sp³-hybridized carbons (Fsp3) is 0.300. The lowest BCUT2D eigenvalue weighted by atomic mass is 10.2. The van der Waals surface area contributed by atoms with E-state index in [0.29, 0.717) is 11.9 Å². The van der Waals surface area contributed by atoms with Gasteiger partial charge in [0.15, 0.2) is 0 Å². The van der Waals surface area contributed by atoms with Crippen molar-refractivity contribution < 1.29 is 0 Å². The van der Waals surface area contributed by atoms with E-state index in [9.17, 15) is 0 Å². The average molecular weight is 270 g/mol. The molecule has 1 atom stereocenters. The minimum absolute atomic E-state index is 0.129. The van der Waals surface area contributed by atoms with Gasteiger partial charge in [-0.2, -0.15) is 26.3 Å². The van der Waals surface area contributed by atoms with Gasteiger partial charge in [-0.3, -0.25) is 0 Å². The zero-order chi connectivity index (χ0) is 12.3. The van der Waals surface area contributed by atoms with Crippen molar-refractivity contribution in [3.8, 4) is 0 Å². The summed E-state index contributed by atoms with van der Waals surface area (Å²) in [6.45, 7) is 2.04. The minimum Gasteiger partial charge on any atom is -0.357 e. The van der Waals surface area contributed by atoms with Gasteiger partial charge in [-0.25, -0.2) is 0 Å². The first-order valence-corrected chi connectivity index (χ1v) is 6.39. The molecule has 7 heteroatoms. The number of hydrogen-bond donors (Lipinski definition) is 2. The van der Waals surface area contributed by atoms with Crippen LogP contribution in [-0.2, 0) is 0 Å². The number of nitrogens with one attached hydrogen (secondary N) is 2. The summed E-state index contributed by atoms with van der Waals surface area (Å²) < 4.78 is 0. The lowest BCUT2D eigenvalue weighted by molar-refractivity contribution is 0.859. The van der Waals surface area contributed by atoms with E-state index in [1.807, 2.05) is 12.3 Å². The quantitative estimate of drug-likeness (QED) is 0.894. The Morgan fingerprint density at radius 3 is 2.71 bits per heavy atom. The van der Waals surface area contributed by atoms with E-state index in [2.05, 4.69) is 37.0 Å². The lowest BCUT2D eigenvalue weighted by Crippen LogP contribution is -2.10. The van der Waals surface area contributed by atoms with E-state index in [4.69, 9.17) is 11.6 Å². The molecule has 2 heterocycles. The molecule has 0 aliphatic rings. The Morgan fingerprint density at radius 1 is 1.29 bits per heavy atom. The highest BCUT2D eigenvalue weighted by atomic mass is 35.5. The van der Waals surface area contributed by atoms with Crippen molar-refractivity contribution in [1.29, 1.82) is 0 Å². The van der Waals surface area contributed by atoms with Crippen molar-refractivity contribution in [3.05, 3.63) is 27.7 Å². The van der Waals surface area contributed by atoms with Gasteiger partial charge in [0.25, 0.3) is 0 Å². The molecule has 90 valence electrons. The second-order valence-corrected chi connectivity index (χ2v) is 4.54. The Labute approximate surface area is 108 Å². The molecule has 0 aromatic carbocycles.